The Morgan fingerprint density at radius 2 is 1.46 bits per heavy atom. The number of ether oxygens (including phenoxy) is 2. The van der Waals surface area contributed by atoms with Crippen molar-refractivity contribution in [3.8, 4) is 11.5 Å². The number of amides is 1. The Labute approximate surface area is 267 Å². The highest BCUT2D eigenvalue weighted by molar-refractivity contribution is 7.92. The molecule has 11 nitrogen and oxygen atoms in total. The van der Waals surface area contributed by atoms with E-state index in [1.165, 1.54) is 17.7 Å². The molecule has 1 fully saturated rings. The number of sulfonamides is 1. The molecule has 0 bridgehead atoms. The second-order valence-electron chi connectivity index (χ2n) is 11.1. The van der Waals surface area contributed by atoms with Gasteiger partial charge in [0.25, 0.3) is 10.0 Å². The molecule has 1 aromatic heterocycles. The van der Waals surface area contributed by atoms with Gasteiger partial charge in [-0.3, -0.25) is 14.4 Å². The summed E-state index contributed by atoms with van der Waals surface area (Å²) in [5.41, 5.74) is 3.27. The Balaban J connectivity index is 1.16. The third-order valence-corrected chi connectivity index (χ3v) is 8.94. The number of para-hydroxylation sites is 2. The van der Waals surface area contributed by atoms with E-state index in [4.69, 9.17) is 9.47 Å². The first-order valence-corrected chi connectivity index (χ1v) is 16.2. The molecule has 1 aliphatic rings. The number of benzene rings is 4. The minimum Gasteiger partial charge on any atom is -0.497 e. The van der Waals surface area contributed by atoms with Crippen LogP contribution in [0.2, 0.25) is 0 Å². The number of fused-ring (bicyclic) bond motifs is 1. The molecule has 0 atom stereocenters. The third-order valence-electron chi connectivity index (χ3n) is 7.60. The topological polar surface area (TPSA) is 135 Å². The molecule has 0 saturated carbocycles. The summed E-state index contributed by atoms with van der Waals surface area (Å²) < 4.78 is 40.6. The highest BCUT2D eigenvalue weighted by atomic mass is 32.2. The van der Waals surface area contributed by atoms with E-state index in [2.05, 4.69) is 42.4 Å². The monoisotopic (exact) mass is 638 g/mol. The van der Waals surface area contributed by atoms with Gasteiger partial charge in [-0.15, -0.1) is 0 Å². The lowest BCUT2D eigenvalue weighted by Gasteiger charge is -2.39. The molecule has 4 aromatic carbocycles. The number of methoxy groups -OCH3 is 2. The van der Waals surface area contributed by atoms with E-state index < -0.39 is 10.0 Å². The van der Waals surface area contributed by atoms with Crippen molar-refractivity contribution in [3.05, 3.63) is 103 Å². The lowest BCUT2D eigenvalue weighted by molar-refractivity contribution is -0.118. The van der Waals surface area contributed by atoms with Gasteiger partial charge in [0.2, 0.25) is 5.91 Å². The van der Waals surface area contributed by atoms with Gasteiger partial charge in [0.15, 0.2) is 11.6 Å². The number of nitrogens with zero attached hydrogens (tertiary/aromatic N) is 3. The minimum absolute atomic E-state index is 0.0000318. The van der Waals surface area contributed by atoms with Crippen LogP contribution >= 0.6 is 0 Å². The van der Waals surface area contributed by atoms with Gasteiger partial charge < -0.3 is 20.1 Å². The minimum atomic E-state index is -4.13. The van der Waals surface area contributed by atoms with Crippen molar-refractivity contribution in [1.82, 2.24) is 14.9 Å². The van der Waals surface area contributed by atoms with E-state index in [9.17, 15) is 13.2 Å². The van der Waals surface area contributed by atoms with Gasteiger partial charge in [-0.05, 0) is 41.8 Å². The van der Waals surface area contributed by atoms with Crippen molar-refractivity contribution in [2.75, 3.05) is 42.7 Å². The van der Waals surface area contributed by atoms with Crippen molar-refractivity contribution >= 4 is 50.0 Å². The van der Waals surface area contributed by atoms with Crippen LogP contribution in [0.15, 0.2) is 102 Å². The lowest BCUT2D eigenvalue weighted by atomic mass is 9.95. The van der Waals surface area contributed by atoms with Gasteiger partial charge in [0.1, 0.15) is 11.5 Å². The molecular formula is C34H34N6O5S. The summed E-state index contributed by atoms with van der Waals surface area (Å²) >= 11 is 0. The fraction of sp³-hybridized carbons (Fsp3) is 0.206. The van der Waals surface area contributed by atoms with Crippen molar-refractivity contribution < 1.29 is 22.7 Å². The van der Waals surface area contributed by atoms with Crippen molar-refractivity contribution in [2.24, 2.45) is 5.92 Å². The molecule has 0 aliphatic carbocycles. The molecule has 1 saturated heterocycles. The van der Waals surface area contributed by atoms with Gasteiger partial charge in [-0.25, -0.2) is 18.4 Å². The largest absolute Gasteiger partial charge is 0.497 e. The quantitative estimate of drug-likeness (QED) is 0.158. The molecule has 12 heteroatoms. The maximum atomic E-state index is 13.6. The Morgan fingerprint density at radius 3 is 2.13 bits per heavy atom. The lowest BCUT2D eigenvalue weighted by Crippen LogP contribution is -2.47. The van der Waals surface area contributed by atoms with Crippen LogP contribution < -0.4 is 24.8 Å². The predicted molar refractivity (Wildman–Crippen MR) is 178 cm³/mol. The van der Waals surface area contributed by atoms with Gasteiger partial charge in [-0.1, -0.05) is 48.5 Å². The van der Waals surface area contributed by atoms with Gasteiger partial charge in [0.05, 0.1) is 30.1 Å². The smallest absolute Gasteiger partial charge is 0.263 e. The SMILES string of the molecule is COc1cc(Nc2nc3ccccc3nc2NS(=O)(=O)c2cccc(NC(=O)CC3CN(Cc4ccccc4)C3)c2)cc(OC)c1. The van der Waals surface area contributed by atoms with Crippen LogP contribution in [0.25, 0.3) is 11.0 Å². The van der Waals surface area contributed by atoms with E-state index in [1.807, 2.05) is 24.3 Å². The van der Waals surface area contributed by atoms with Crippen LogP contribution in [0.4, 0.5) is 23.0 Å². The Morgan fingerprint density at radius 1 is 0.804 bits per heavy atom. The summed E-state index contributed by atoms with van der Waals surface area (Å²) in [6.07, 6.45) is 0.358. The number of hydrogen-bond donors (Lipinski definition) is 3. The van der Waals surface area contributed by atoms with Crippen LogP contribution in [0.1, 0.15) is 12.0 Å². The molecule has 1 aliphatic heterocycles. The fourth-order valence-corrected chi connectivity index (χ4v) is 6.41. The zero-order chi connectivity index (χ0) is 32.1. The Kier molecular flexibility index (Phi) is 8.99. The van der Waals surface area contributed by atoms with E-state index in [1.54, 1.807) is 62.8 Å². The molecule has 2 heterocycles. The molecule has 0 radical (unpaired) electrons. The van der Waals surface area contributed by atoms with Gasteiger partial charge in [0, 0.05) is 55.6 Å². The number of carbonyl (C=O) groups is 1. The summed E-state index contributed by atoms with van der Waals surface area (Å²) in [6, 6.07) is 28.7. The van der Waals surface area contributed by atoms with Crippen LogP contribution in [0.3, 0.4) is 0 Å². The number of rotatable bonds is 12. The average Bonchev–Trinajstić information content (AvgIpc) is 3.04. The molecule has 236 valence electrons. The predicted octanol–water partition coefficient (Wildman–Crippen LogP) is 5.65. The Hall–Kier alpha value is -5.20. The van der Waals surface area contributed by atoms with Gasteiger partial charge >= 0.3 is 0 Å². The van der Waals surface area contributed by atoms with Crippen LogP contribution in [-0.4, -0.2) is 56.5 Å². The number of anilines is 4. The molecule has 0 spiro atoms. The van der Waals surface area contributed by atoms with E-state index >= 15 is 0 Å². The zero-order valence-electron chi connectivity index (χ0n) is 25.4. The first-order chi connectivity index (χ1) is 22.3. The molecule has 46 heavy (non-hydrogen) atoms. The van der Waals surface area contributed by atoms with Crippen LogP contribution in [-0.2, 0) is 21.4 Å². The number of nitrogens with one attached hydrogen (secondary N) is 3. The standard InChI is InChI=1S/C34H34N6O5S/c1-44-27-16-26(17-28(19-27)45-2)36-33-34(38-31-14-7-6-13-30(31)37-33)39-46(42,43)29-12-8-11-25(18-29)35-32(41)15-24-21-40(22-24)20-23-9-4-3-5-10-23/h3-14,16-19,24H,15,20-22H2,1-2H3,(H,35,41)(H,36,37)(H,38,39). The van der Waals surface area contributed by atoms with E-state index in [0.717, 1.165) is 19.6 Å². The molecule has 1 amide bonds. The molecule has 0 unspecified atom stereocenters. The second-order valence-corrected chi connectivity index (χ2v) is 12.7. The average molecular weight is 639 g/mol. The van der Waals surface area contributed by atoms with Crippen molar-refractivity contribution in [1.29, 1.82) is 0 Å². The maximum Gasteiger partial charge on any atom is 0.263 e. The van der Waals surface area contributed by atoms with Gasteiger partial charge in [-0.2, -0.15) is 0 Å². The second kappa shape index (κ2) is 13.4. The van der Waals surface area contributed by atoms with Crippen molar-refractivity contribution in [2.45, 2.75) is 17.9 Å². The Bertz CT molecular complexity index is 1940. The molecule has 6 rings (SSSR count). The summed E-state index contributed by atoms with van der Waals surface area (Å²) in [6.45, 7) is 2.54. The first kappa shape index (κ1) is 30.8. The zero-order valence-corrected chi connectivity index (χ0v) is 26.3. The van der Waals surface area contributed by atoms with Crippen LogP contribution in [0, 0.1) is 5.92 Å². The normalized spacial score (nSPS) is 13.5. The first-order valence-electron chi connectivity index (χ1n) is 14.7. The fourth-order valence-electron chi connectivity index (χ4n) is 5.35. The highest BCUT2D eigenvalue weighted by Gasteiger charge is 2.28. The number of carbonyl (C=O) groups excluding carboxylic acids is 1. The summed E-state index contributed by atoms with van der Waals surface area (Å²) in [4.78, 5) is 24.3. The van der Waals surface area contributed by atoms with Crippen molar-refractivity contribution in [3.63, 3.8) is 0 Å². The van der Waals surface area contributed by atoms with Crippen LogP contribution in [0.5, 0.6) is 11.5 Å². The highest BCUT2D eigenvalue weighted by Crippen LogP contribution is 2.32. The number of likely N-dealkylation sites (tertiary alicyclic amines) is 1. The number of aromatic nitrogens is 2. The third kappa shape index (κ3) is 7.36. The molecule has 3 N–H and O–H groups in total. The van der Waals surface area contributed by atoms with E-state index in [0.29, 0.717) is 40.3 Å². The summed E-state index contributed by atoms with van der Waals surface area (Å²) in [7, 11) is -1.05. The summed E-state index contributed by atoms with van der Waals surface area (Å²) in [5, 5.41) is 6.01. The maximum absolute atomic E-state index is 13.6. The molecule has 5 aromatic rings. The number of hydrogen-bond acceptors (Lipinski definition) is 9. The summed E-state index contributed by atoms with van der Waals surface area (Å²) in [5.74, 6) is 1.35. The van der Waals surface area contributed by atoms with E-state index in [-0.39, 0.29) is 28.4 Å². The molecular weight excluding hydrogens is 604 g/mol.